The van der Waals surface area contributed by atoms with Gasteiger partial charge in [0.05, 0.1) is 12.2 Å². The monoisotopic (exact) mass is 247 g/mol. The van der Waals surface area contributed by atoms with Gasteiger partial charge in [0.2, 0.25) is 0 Å². The third-order valence-electron chi connectivity index (χ3n) is 2.47. The predicted molar refractivity (Wildman–Crippen MR) is 63.9 cm³/mol. The Hall–Kier alpha value is -2.44. The Kier molecular flexibility index (Phi) is 3.52. The van der Waals surface area contributed by atoms with E-state index in [1.165, 1.54) is 6.20 Å². The maximum Gasteiger partial charge on any atom is 0.271 e. The van der Waals surface area contributed by atoms with Gasteiger partial charge >= 0.3 is 0 Å². The van der Waals surface area contributed by atoms with Crippen LogP contribution in [0.3, 0.4) is 0 Å². The first kappa shape index (κ1) is 12.0. The van der Waals surface area contributed by atoms with Gasteiger partial charge in [-0.2, -0.15) is 0 Å². The van der Waals surface area contributed by atoms with Crippen molar-refractivity contribution in [2.24, 2.45) is 0 Å². The smallest absolute Gasteiger partial charge is 0.271 e. The average molecular weight is 247 g/mol. The summed E-state index contributed by atoms with van der Waals surface area (Å²) >= 11 is 0. The fourth-order valence-corrected chi connectivity index (χ4v) is 1.53. The minimum absolute atomic E-state index is 0.166. The van der Waals surface area contributed by atoms with Gasteiger partial charge in [-0.25, -0.2) is 9.97 Å². The third-order valence-corrected chi connectivity index (χ3v) is 2.47. The summed E-state index contributed by atoms with van der Waals surface area (Å²) in [5.74, 6) is 0.338. The van der Waals surface area contributed by atoms with Crippen LogP contribution in [0.15, 0.2) is 29.6 Å². The molecular weight excluding hydrogens is 234 g/mol. The quantitative estimate of drug-likeness (QED) is 0.726. The van der Waals surface area contributed by atoms with Crippen molar-refractivity contribution in [3.63, 3.8) is 0 Å². The van der Waals surface area contributed by atoms with Crippen LogP contribution in [-0.2, 0) is 0 Å². The molecule has 1 amide bonds. The van der Waals surface area contributed by atoms with Gasteiger partial charge in [-0.05, 0) is 6.42 Å². The molecule has 1 atom stereocenters. The molecule has 0 spiro atoms. The largest absolute Gasteiger partial charge is 0.347 e. The summed E-state index contributed by atoms with van der Waals surface area (Å²) < 4.78 is 0. The molecule has 18 heavy (non-hydrogen) atoms. The van der Waals surface area contributed by atoms with Crippen LogP contribution in [0, 0.1) is 0 Å². The summed E-state index contributed by atoms with van der Waals surface area (Å²) in [6.45, 7) is 1.94. The van der Waals surface area contributed by atoms with E-state index in [2.05, 4.69) is 25.3 Å². The van der Waals surface area contributed by atoms with Gasteiger partial charge in [-0.3, -0.25) is 9.59 Å². The van der Waals surface area contributed by atoms with Crippen molar-refractivity contribution in [3.8, 4) is 0 Å². The molecule has 0 bridgehead atoms. The molecule has 0 aliphatic rings. The molecule has 0 saturated heterocycles. The van der Waals surface area contributed by atoms with Crippen LogP contribution >= 0.6 is 0 Å². The van der Waals surface area contributed by atoms with Gasteiger partial charge in [0.25, 0.3) is 11.5 Å². The first-order valence-electron chi connectivity index (χ1n) is 5.55. The summed E-state index contributed by atoms with van der Waals surface area (Å²) in [7, 11) is 0. The first-order valence-corrected chi connectivity index (χ1v) is 5.55. The number of aromatic amines is 2. The number of carbonyl (C=O) groups is 1. The van der Waals surface area contributed by atoms with E-state index in [1.54, 1.807) is 12.4 Å². The first-order chi connectivity index (χ1) is 8.70. The van der Waals surface area contributed by atoms with Crippen LogP contribution < -0.4 is 10.9 Å². The summed E-state index contributed by atoms with van der Waals surface area (Å²) in [6.07, 6.45) is 6.38. The van der Waals surface area contributed by atoms with Crippen LogP contribution in [0.5, 0.6) is 0 Å². The van der Waals surface area contributed by atoms with Gasteiger partial charge < -0.3 is 15.3 Å². The number of H-pyrrole nitrogens is 2. The lowest BCUT2D eigenvalue weighted by molar-refractivity contribution is 0.0928. The van der Waals surface area contributed by atoms with Gasteiger partial charge in [0, 0.05) is 18.6 Å². The van der Waals surface area contributed by atoms with E-state index < -0.39 is 0 Å². The Morgan fingerprint density at radius 2 is 2.28 bits per heavy atom. The Morgan fingerprint density at radius 1 is 1.44 bits per heavy atom. The number of imidazole rings is 1. The number of nitrogens with zero attached hydrogens (tertiary/aromatic N) is 2. The molecular formula is C11H13N5O2. The van der Waals surface area contributed by atoms with Gasteiger partial charge in [-0.1, -0.05) is 6.92 Å². The zero-order chi connectivity index (χ0) is 13.0. The van der Waals surface area contributed by atoms with Gasteiger partial charge in [0.15, 0.2) is 0 Å². The minimum Gasteiger partial charge on any atom is -0.347 e. The van der Waals surface area contributed by atoms with Crippen molar-refractivity contribution in [1.82, 2.24) is 25.3 Å². The Balaban J connectivity index is 2.10. The molecule has 0 fully saturated rings. The standard InChI is InChI=1S/C11H13N5O2/c1-2-7(10-12-3-4-13-10)16-11(18)8-5-15-9(17)6-14-8/h3-7H,2H2,1H3,(H,12,13)(H,15,17)(H,16,18). The maximum atomic E-state index is 11.9. The van der Waals surface area contributed by atoms with Crippen LogP contribution in [0.1, 0.15) is 35.7 Å². The molecule has 2 rings (SSSR count). The van der Waals surface area contributed by atoms with E-state index in [1.807, 2.05) is 6.92 Å². The van der Waals surface area contributed by atoms with E-state index >= 15 is 0 Å². The van der Waals surface area contributed by atoms with Crippen molar-refractivity contribution in [2.75, 3.05) is 0 Å². The number of amides is 1. The van der Waals surface area contributed by atoms with E-state index in [0.717, 1.165) is 6.20 Å². The second kappa shape index (κ2) is 5.26. The van der Waals surface area contributed by atoms with Crippen LogP contribution in [0.25, 0.3) is 0 Å². The zero-order valence-corrected chi connectivity index (χ0v) is 9.80. The molecule has 94 valence electrons. The average Bonchev–Trinajstić information content (AvgIpc) is 2.90. The lowest BCUT2D eigenvalue weighted by atomic mass is 10.2. The normalized spacial score (nSPS) is 12.1. The molecule has 0 aliphatic carbocycles. The number of nitrogens with one attached hydrogen (secondary N) is 3. The molecule has 7 nitrogen and oxygen atoms in total. The lowest BCUT2D eigenvalue weighted by Crippen LogP contribution is -2.30. The summed E-state index contributed by atoms with van der Waals surface area (Å²) in [4.78, 5) is 35.9. The van der Waals surface area contributed by atoms with E-state index in [9.17, 15) is 9.59 Å². The molecule has 0 aliphatic heterocycles. The highest BCUT2D eigenvalue weighted by Gasteiger charge is 2.16. The molecule has 2 aromatic heterocycles. The van der Waals surface area contributed by atoms with Crippen molar-refractivity contribution < 1.29 is 4.79 Å². The summed E-state index contributed by atoms with van der Waals surface area (Å²) in [6, 6.07) is -0.207. The highest BCUT2D eigenvalue weighted by molar-refractivity contribution is 5.92. The van der Waals surface area contributed by atoms with E-state index in [-0.39, 0.29) is 23.2 Å². The van der Waals surface area contributed by atoms with Crippen molar-refractivity contribution in [3.05, 3.63) is 46.7 Å². The Labute approximate surface area is 103 Å². The van der Waals surface area contributed by atoms with E-state index in [0.29, 0.717) is 12.2 Å². The zero-order valence-electron chi connectivity index (χ0n) is 9.80. The van der Waals surface area contributed by atoms with Crippen molar-refractivity contribution in [1.29, 1.82) is 0 Å². The molecule has 3 N–H and O–H groups in total. The molecule has 1 unspecified atom stereocenters. The lowest BCUT2D eigenvalue weighted by Gasteiger charge is -2.13. The summed E-state index contributed by atoms with van der Waals surface area (Å²) in [5, 5.41) is 2.79. The highest BCUT2D eigenvalue weighted by Crippen LogP contribution is 2.11. The number of hydrogen-bond acceptors (Lipinski definition) is 4. The third kappa shape index (κ3) is 2.62. The van der Waals surface area contributed by atoms with Crippen LogP contribution in [-0.4, -0.2) is 25.8 Å². The minimum atomic E-state index is -0.352. The van der Waals surface area contributed by atoms with Crippen LogP contribution in [0.4, 0.5) is 0 Å². The predicted octanol–water partition coefficient (Wildman–Crippen LogP) is 0.374. The number of carbonyl (C=O) groups excluding carboxylic acids is 1. The molecule has 0 aromatic carbocycles. The maximum absolute atomic E-state index is 11.9. The number of rotatable bonds is 4. The fraction of sp³-hybridized carbons (Fsp3) is 0.273. The Bertz CT molecular complexity index is 555. The second-order valence-corrected chi connectivity index (χ2v) is 3.71. The summed E-state index contributed by atoms with van der Waals surface area (Å²) in [5.41, 5.74) is -0.177. The molecule has 7 heteroatoms. The molecule has 0 saturated carbocycles. The molecule has 2 aromatic rings. The van der Waals surface area contributed by atoms with Crippen LogP contribution in [0.2, 0.25) is 0 Å². The molecule has 2 heterocycles. The topological polar surface area (TPSA) is 104 Å². The van der Waals surface area contributed by atoms with Gasteiger partial charge in [0.1, 0.15) is 11.5 Å². The fourth-order valence-electron chi connectivity index (χ4n) is 1.53. The SMILES string of the molecule is CCC(NC(=O)c1c[nH]c(=O)cn1)c1ncc[nH]1. The number of aromatic nitrogens is 4. The van der Waals surface area contributed by atoms with Crippen molar-refractivity contribution >= 4 is 5.91 Å². The van der Waals surface area contributed by atoms with Gasteiger partial charge in [-0.15, -0.1) is 0 Å². The second-order valence-electron chi connectivity index (χ2n) is 3.71. The Morgan fingerprint density at radius 3 is 2.83 bits per heavy atom. The van der Waals surface area contributed by atoms with Crippen molar-refractivity contribution in [2.45, 2.75) is 19.4 Å². The molecule has 0 radical (unpaired) electrons. The van der Waals surface area contributed by atoms with E-state index in [4.69, 9.17) is 0 Å². The highest BCUT2D eigenvalue weighted by atomic mass is 16.2. The number of hydrogen-bond donors (Lipinski definition) is 3.